The van der Waals surface area contributed by atoms with Gasteiger partial charge < -0.3 is 24.8 Å². The van der Waals surface area contributed by atoms with Gasteiger partial charge in [-0.1, -0.05) is 22.6 Å². The van der Waals surface area contributed by atoms with E-state index < -0.39 is 17.1 Å². The van der Waals surface area contributed by atoms with Crippen LogP contribution < -0.4 is 24.8 Å². The molecule has 0 unspecified atom stereocenters. The van der Waals surface area contributed by atoms with Crippen molar-refractivity contribution in [2.24, 2.45) is 5.41 Å². The van der Waals surface area contributed by atoms with E-state index in [1.807, 2.05) is 22.6 Å². The lowest BCUT2D eigenvalue weighted by atomic mass is 10.0. The zero-order valence-corrected chi connectivity index (χ0v) is 25.5. The number of Topliss-reactive ketones (excluding diaryl/α,β-unsaturated/α-hetero) is 1. The summed E-state index contributed by atoms with van der Waals surface area (Å²) in [6, 6.07) is 9.30. The molecule has 2 heterocycles. The van der Waals surface area contributed by atoms with E-state index in [4.69, 9.17) is 14.2 Å². The van der Waals surface area contributed by atoms with Crippen LogP contribution in [0.25, 0.3) is 10.9 Å². The SMILES string of the molecule is CNC(=O)CN1CCC(Oc2cc3nccc(Oc4ccc(NC(=O)C5(C(=O)CI)CC5)cc4F)c3cc2OC)CC1. The lowest BCUT2D eigenvalue weighted by Gasteiger charge is -2.31. The van der Waals surface area contributed by atoms with Gasteiger partial charge in [-0.05, 0) is 49.9 Å². The molecule has 2 amide bonds. The summed E-state index contributed by atoms with van der Waals surface area (Å²) >= 11 is 1.95. The number of likely N-dealkylation sites (N-methyl/N-ethyl adjacent to an activating group) is 1. The van der Waals surface area contributed by atoms with Gasteiger partial charge in [-0.2, -0.15) is 0 Å². The van der Waals surface area contributed by atoms with Crippen LogP contribution in [0.4, 0.5) is 10.1 Å². The fourth-order valence-corrected chi connectivity index (χ4v) is 5.76. The molecule has 3 aromatic rings. The van der Waals surface area contributed by atoms with Gasteiger partial charge in [0.15, 0.2) is 28.8 Å². The van der Waals surface area contributed by atoms with Crippen LogP contribution in [0.2, 0.25) is 0 Å². The Labute approximate surface area is 256 Å². The number of alkyl halides is 1. The fraction of sp³-hybridized carbons (Fsp3) is 0.400. The smallest absolute Gasteiger partial charge is 0.238 e. The minimum absolute atomic E-state index is 0.0106. The highest BCUT2D eigenvalue weighted by Gasteiger charge is 2.55. The molecule has 42 heavy (non-hydrogen) atoms. The van der Waals surface area contributed by atoms with Crippen LogP contribution in [0.15, 0.2) is 42.6 Å². The van der Waals surface area contributed by atoms with Crippen molar-refractivity contribution >= 4 is 56.8 Å². The molecule has 1 aliphatic carbocycles. The van der Waals surface area contributed by atoms with Crippen molar-refractivity contribution in [1.82, 2.24) is 15.2 Å². The summed E-state index contributed by atoms with van der Waals surface area (Å²) < 4.78 is 33.2. The van der Waals surface area contributed by atoms with Gasteiger partial charge in [0.05, 0.1) is 23.6 Å². The molecule has 0 bridgehead atoms. The van der Waals surface area contributed by atoms with Gasteiger partial charge in [-0.25, -0.2) is 4.39 Å². The zero-order chi connectivity index (χ0) is 29.9. The zero-order valence-electron chi connectivity index (χ0n) is 23.4. The second-order valence-electron chi connectivity index (χ2n) is 10.4. The Morgan fingerprint density at radius 1 is 1.07 bits per heavy atom. The van der Waals surface area contributed by atoms with Gasteiger partial charge >= 0.3 is 0 Å². The highest BCUT2D eigenvalue weighted by atomic mass is 127. The van der Waals surface area contributed by atoms with Gasteiger partial charge in [0.25, 0.3) is 0 Å². The summed E-state index contributed by atoms with van der Waals surface area (Å²) in [6.45, 7) is 1.86. The van der Waals surface area contributed by atoms with E-state index in [1.54, 1.807) is 38.6 Å². The van der Waals surface area contributed by atoms with Crippen LogP contribution in [0, 0.1) is 11.2 Å². The standard InChI is InChI=1S/C30H32FIN4O6/c1-33-28(38)17-36-11-6-19(7-12-36)41-26-15-22-20(14-25(26)40-2)23(5-10-34-22)42-24-4-3-18(13-21(24)31)35-29(39)30(8-9-30)27(37)16-32/h3-5,10,13-15,19H,6-9,11-12,16-17H2,1-2H3,(H,33,38)(H,35,39). The summed E-state index contributed by atoms with van der Waals surface area (Å²) in [5.74, 6) is 0.165. The molecule has 1 aliphatic heterocycles. The Morgan fingerprint density at radius 2 is 1.83 bits per heavy atom. The van der Waals surface area contributed by atoms with E-state index >= 15 is 4.39 Å². The average molecular weight is 691 g/mol. The van der Waals surface area contributed by atoms with Crippen LogP contribution in [-0.4, -0.2) is 71.8 Å². The number of ether oxygens (including phenoxy) is 3. The average Bonchev–Trinajstić information content (AvgIpc) is 3.81. The molecule has 1 saturated carbocycles. The van der Waals surface area contributed by atoms with Gasteiger partial charge in [-0.15, -0.1) is 0 Å². The number of methoxy groups -OCH3 is 1. The molecule has 2 N–H and O–H groups in total. The number of benzene rings is 2. The third-order valence-corrected chi connectivity index (χ3v) is 8.40. The number of likely N-dealkylation sites (tertiary alicyclic amines) is 1. The number of ketones is 1. The predicted octanol–water partition coefficient (Wildman–Crippen LogP) is 4.49. The third kappa shape index (κ3) is 6.43. The van der Waals surface area contributed by atoms with Crippen LogP contribution in [0.5, 0.6) is 23.0 Å². The molecule has 2 aromatic carbocycles. The van der Waals surface area contributed by atoms with Gasteiger partial charge in [0.2, 0.25) is 11.8 Å². The summed E-state index contributed by atoms with van der Waals surface area (Å²) in [7, 11) is 3.17. The molecule has 0 atom stereocenters. The number of rotatable bonds is 11. The maximum atomic E-state index is 15.1. The lowest BCUT2D eigenvalue weighted by Crippen LogP contribution is -2.43. The van der Waals surface area contributed by atoms with Gasteiger partial charge in [0.1, 0.15) is 17.3 Å². The summed E-state index contributed by atoms with van der Waals surface area (Å²) in [5, 5.41) is 5.92. The van der Waals surface area contributed by atoms with Crippen LogP contribution >= 0.6 is 22.6 Å². The lowest BCUT2D eigenvalue weighted by molar-refractivity contribution is -0.131. The maximum Gasteiger partial charge on any atom is 0.238 e. The molecule has 2 fully saturated rings. The first-order valence-corrected chi connectivity index (χ1v) is 15.2. The monoisotopic (exact) mass is 690 g/mol. The molecule has 1 saturated heterocycles. The normalized spacial score (nSPS) is 16.5. The molecular weight excluding hydrogens is 658 g/mol. The van der Waals surface area contributed by atoms with E-state index in [0.717, 1.165) is 25.9 Å². The third-order valence-electron chi connectivity index (χ3n) is 7.71. The van der Waals surface area contributed by atoms with Crippen molar-refractivity contribution in [3.05, 3.63) is 48.4 Å². The summed E-state index contributed by atoms with van der Waals surface area (Å²) in [5.41, 5.74) is -0.159. The van der Waals surface area contributed by atoms with Crippen LogP contribution in [0.1, 0.15) is 25.7 Å². The number of anilines is 1. The second-order valence-corrected chi connectivity index (χ2v) is 11.2. The molecule has 0 radical (unpaired) electrons. The topological polar surface area (TPSA) is 119 Å². The number of pyridine rings is 1. The van der Waals surface area contributed by atoms with Crippen molar-refractivity contribution in [2.45, 2.75) is 31.8 Å². The van der Waals surface area contributed by atoms with E-state index in [9.17, 15) is 14.4 Å². The highest BCUT2D eigenvalue weighted by molar-refractivity contribution is 14.1. The number of nitrogens with one attached hydrogen (secondary N) is 2. The predicted molar refractivity (Wildman–Crippen MR) is 163 cm³/mol. The molecule has 12 heteroatoms. The number of piperidine rings is 1. The van der Waals surface area contributed by atoms with E-state index in [0.29, 0.717) is 47.5 Å². The van der Waals surface area contributed by atoms with Crippen molar-refractivity contribution in [1.29, 1.82) is 0 Å². The van der Waals surface area contributed by atoms with E-state index in [2.05, 4.69) is 20.5 Å². The Bertz CT molecular complexity index is 1510. The fourth-order valence-electron chi connectivity index (χ4n) is 5.03. The minimum Gasteiger partial charge on any atom is -0.493 e. The number of aromatic nitrogens is 1. The van der Waals surface area contributed by atoms with Crippen molar-refractivity contribution in [3.63, 3.8) is 0 Å². The Hall–Kier alpha value is -3.52. The van der Waals surface area contributed by atoms with Gasteiger partial charge in [-0.3, -0.25) is 24.3 Å². The van der Waals surface area contributed by atoms with Gasteiger partial charge in [0, 0.05) is 49.5 Å². The first kappa shape index (κ1) is 30.0. The van der Waals surface area contributed by atoms with Crippen molar-refractivity contribution < 1.29 is 33.0 Å². The highest BCUT2D eigenvalue weighted by Crippen LogP contribution is 2.48. The van der Waals surface area contributed by atoms with Crippen molar-refractivity contribution in [2.75, 3.05) is 43.5 Å². The Morgan fingerprint density at radius 3 is 2.48 bits per heavy atom. The number of carbonyl (C=O) groups is 3. The summed E-state index contributed by atoms with van der Waals surface area (Å²) in [4.78, 5) is 43.1. The molecule has 10 nitrogen and oxygen atoms in total. The molecule has 0 spiro atoms. The first-order valence-electron chi connectivity index (χ1n) is 13.7. The quantitative estimate of drug-likeness (QED) is 0.172. The molecule has 222 valence electrons. The maximum absolute atomic E-state index is 15.1. The minimum atomic E-state index is -0.992. The second kappa shape index (κ2) is 12.8. The largest absolute Gasteiger partial charge is 0.493 e. The number of fused-ring (bicyclic) bond motifs is 1. The summed E-state index contributed by atoms with van der Waals surface area (Å²) in [6.07, 6.45) is 4.07. The van der Waals surface area contributed by atoms with Crippen molar-refractivity contribution in [3.8, 4) is 23.0 Å². The molecule has 5 rings (SSSR count). The van der Waals surface area contributed by atoms with Crippen LogP contribution in [-0.2, 0) is 14.4 Å². The van der Waals surface area contributed by atoms with Crippen LogP contribution in [0.3, 0.4) is 0 Å². The molecule has 1 aromatic heterocycles. The number of hydrogen-bond acceptors (Lipinski definition) is 8. The number of carbonyl (C=O) groups excluding carboxylic acids is 3. The van der Waals surface area contributed by atoms with E-state index in [1.165, 1.54) is 18.2 Å². The molecule has 2 aliphatic rings. The first-order chi connectivity index (χ1) is 20.3. The number of amides is 2. The number of nitrogens with zero attached hydrogens (tertiary/aromatic N) is 2. The Kier molecular flexibility index (Phi) is 9.11. The Balaban J connectivity index is 1.29. The number of hydrogen-bond donors (Lipinski definition) is 2. The van der Waals surface area contributed by atoms with E-state index in [-0.39, 0.29) is 33.7 Å². The number of halogens is 2. The molecular formula is C30H32FIN4O6.